The highest BCUT2D eigenvalue weighted by atomic mass is 32.2. The molecule has 0 unspecified atom stereocenters. The maximum atomic E-state index is 13.5. The summed E-state index contributed by atoms with van der Waals surface area (Å²) >= 11 is 0. The first-order chi connectivity index (χ1) is 16.7. The molecule has 3 rings (SSSR count). The summed E-state index contributed by atoms with van der Waals surface area (Å²) in [7, 11) is -4.02. The summed E-state index contributed by atoms with van der Waals surface area (Å²) in [5, 5.41) is 5.56. The van der Waals surface area contributed by atoms with Crippen LogP contribution in [-0.2, 0) is 14.8 Å². The van der Waals surface area contributed by atoms with Gasteiger partial charge in [0, 0.05) is 6.54 Å². The molecule has 184 valence electrons. The normalized spacial score (nSPS) is 11.1. The number of nitrogens with one attached hydrogen (secondary N) is 2. The van der Waals surface area contributed by atoms with Crippen LogP contribution in [0.5, 0.6) is 0 Å². The molecular formula is C27H31N3O4S. The van der Waals surface area contributed by atoms with Crippen LogP contribution in [0.1, 0.15) is 41.3 Å². The van der Waals surface area contributed by atoms with E-state index in [1.54, 1.807) is 60.7 Å². The Bertz CT molecular complexity index is 1270. The van der Waals surface area contributed by atoms with Crippen molar-refractivity contribution < 1.29 is 18.0 Å². The van der Waals surface area contributed by atoms with Gasteiger partial charge >= 0.3 is 0 Å². The van der Waals surface area contributed by atoms with Gasteiger partial charge < -0.3 is 10.6 Å². The quantitative estimate of drug-likeness (QED) is 0.401. The smallest absolute Gasteiger partial charge is 0.264 e. The van der Waals surface area contributed by atoms with Crippen molar-refractivity contribution in [3.63, 3.8) is 0 Å². The lowest BCUT2D eigenvalue weighted by Crippen LogP contribution is -2.38. The number of aryl methyl sites for hydroxylation is 2. The number of hydrogen-bond acceptors (Lipinski definition) is 4. The number of rotatable bonds is 10. The van der Waals surface area contributed by atoms with Gasteiger partial charge in [-0.15, -0.1) is 0 Å². The van der Waals surface area contributed by atoms with E-state index in [4.69, 9.17) is 0 Å². The van der Waals surface area contributed by atoms with E-state index >= 15 is 0 Å². The summed E-state index contributed by atoms with van der Waals surface area (Å²) in [6.45, 7) is 5.89. The van der Waals surface area contributed by atoms with Crippen molar-refractivity contribution in [3.05, 3.63) is 89.5 Å². The van der Waals surface area contributed by atoms with Gasteiger partial charge in [-0.1, -0.05) is 60.9 Å². The standard InChI is InChI=1S/C27H31N3O4S/c1-4-5-18-28-27(32)24-8-6-7-9-25(24)29-26(31)19-30(22-14-10-20(2)11-15-22)35(33,34)23-16-12-21(3)13-17-23/h6-17H,4-5,18-19H2,1-3H3,(H,28,32)(H,29,31). The maximum Gasteiger partial charge on any atom is 0.264 e. The summed E-state index contributed by atoms with van der Waals surface area (Å²) in [4.78, 5) is 25.8. The molecule has 0 heterocycles. The molecule has 0 aliphatic carbocycles. The van der Waals surface area contributed by atoms with E-state index < -0.39 is 22.5 Å². The number of unbranched alkanes of at least 4 members (excludes halogenated alkanes) is 1. The first-order valence-electron chi connectivity index (χ1n) is 11.6. The Morgan fingerprint density at radius 1 is 0.857 bits per heavy atom. The molecule has 0 spiro atoms. The van der Waals surface area contributed by atoms with Gasteiger partial charge in [0.05, 0.1) is 21.8 Å². The van der Waals surface area contributed by atoms with E-state index in [1.165, 1.54) is 12.1 Å². The highest BCUT2D eigenvalue weighted by Gasteiger charge is 2.27. The number of sulfonamides is 1. The van der Waals surface area contributed by atoms with Crippen LogP contribution in [-0.4, -0.2) is 33.3 Å². The predicted molar refractivity (Wildman–Crippen MR) is 139 cm³/mol. The first-order valence-corrected chi connectivity index (χ1v) is 13.0. The Morgan fingerprint density at radius 2 is 1.46 bits per heavy atom. The van der Waals surface area contributed by atoms with Crippen LogP contribution in [0.2, 0.25) is 0 Å². The van der Waals surface area contributed by atoms with Crippen molar-refractivity contribution >= 4 is 33.2 Å². The lowest BCUT2D eigenvalue weighted by atomic mass is 10.1. The molecule has 8 heteroatoms. The highest BCUT2D eigenvalue weighted by Crippen LogP contribution is 2.25. The molecule has 3 aromatic carbocycles. The molecule has 0 aliphatic heterocycles. The fraction of sp³-hybridized carbons (Fsp3) is 0.259. The van der Waals surface area contributed by atoms with Gasteiger partial charge in [0.2, 0.25) is 5.91 Å². The van der Waals surface area contributed by atoms with Gasteiger partial charge in [-0.2, -0.15) is 0 Å². The minimum absolute atomic E-state index is 0.0900. The monoisotopic (exact) mass is 493 g/mol. The summed E-state index contributed by atoms with van der Waals surface area (Å²) < 4.78 is 28.1. The molecule has 0 atom stereocenters. The van der Waals surface area contributed by atoms with E-state index in [2.05, 4.69) is 10.6 Å². The number of carbonyl (C=O) groups is 2. The van der Waals surface area contributed by atoms with Gasteiger partial charge in [0.1, 0.15) is 6.54 Å². The van der Waals surface area contributed by atoms with Crippen molar-refractivity contribution in [2.45, 2.75) is 38.5 Å². The van der Waals surface area contributed by atoms with Crippen LogP contribution in [0.3, 0.4) is 0 Å². The second-order valence-corrected chi connectivity index (χ2v) is 10.2. The second kappa shape index (κ2) is 11.7. The number of nitrogens with zero attached hydrogens (tertiary/aromatic N) is 1. The van der Waals surface area contributed by atoms with Crippen molar-refractivity contribution in [2.75, 3.05) is 22.7 Å². The van der Waals surface area contributed by atoms with Crippen LogP contribution in [0.25, 0.3) is 0 Å². The van der Waals surface area contributed by atoms with Gasteiger partial charge in [-0.3, -0.25) is 13.9 Å². The van der Waals surface area contributed by atoms with Crippen molar-refractivity contribution in [3.8, 4) is 0 Å². The molecular weight excluding hydrogens is 462 g/mol. The minimum Gasteiger partial charge on any atom is -0.352 e. The molecule has 0 aliphatic rings. The number of hydrogen-bond donors (Lipinski definition) is 2. The summed E-state index contributed by atoms with van der Waals surface area (Å²) in [5.74, 6) is -0.855. The van der Waals surface area contributed by atoms with Gasteiger partial charge in [-0.25, -0.2) is 8.42 Å². The van der Waals surface area contributed by atoms with E-state index in [0.29, 0.717) is 23.5 Å². The maximum absolute atomic E-state index is 13.5. The molecule has 2 amide bonds. The van der Waals surface area contributed by atoms with Crippen molar-refractivity contribution in [1.29, 1.82) is 0 Å². The number of anilines is 2. The third-order valence-corrected chi connectivity index (χ3v) is 7.27. The average Bonchev–Trinajstić information content (AvgIpc) is 2.84. The lowest BCUT2D eigenvalue weighted by Gasteiger charge is -2.24. The van der Waals surface area contributed by atoms with E-state index in [1.807, 2.05) is 20.8 Å². The van der Waals surface area contributed by atoms with Crippen molar-refractivity contribution in [2.24, 2.45) is 0 Å². The van der Waals surface area contributed by atoms with Crippen LogP contribution in [0.15, 0.2) is 77.7 Å². The largest absolute Gasteiger partial charge is 0.352 e. The molecule has 7 nitrogen and oxygen atoms in total. The average molecular weight is 494 g/mol. The van der Waals surface area contributed by atoms with Crippen LogP contribution >= 0.6 is 0 Å². The predicted octanol–water partition coefficient (Wildman–Crippen LogP) is 4.67. The third kappa shape index (κ3) is 6.70. The zero-order valence-corrected chi connectivity index (χ0v) is 21.1. The molecule has 2 N–H and O–H groups in total. The van der Waals surface area contributed by atoms with Gasteiger partial charge in [0.25, 0.3) is 15.9 Å². The summed E-state index contributed by atoms with van der Waals surface area (Å²) in [5.41, 5.74) is 2.91. The Labute approximate surface area is 207 Å². The lowest BCUT2D eigenvalue weighted by molar-refractivity contribution is -0.114. The zero-order chi connectivity index (χ0) is 25.4. The van der Waals surface area contributed by atoms with E-state index in [9.17, 15) is 18.0 Å². The van der Waals surface area contributed by atoms with Crippen LogP contribution < -0.4 is 14.9 Å². The number of para-hydroxylation sites is 1. The number of amides is 2. The van der Waals surface area contributed by atoms with Crippen LogP contribution in [0.4, 0.5) is 11.4 Å². The summed E-state index contributed by atoms with van der Waals surface area (Å²) in [6.07, 6.45) is 1.80. The third-order valence-electron chi connectivity index (χ3n) is 5.48. The zero-order valence-electron chi connectivity index (χ0n) is 20.2. The molecule has 0 bridgehead atoms. The first kappa shape index (κ1) is 26.0. The Kier molecular flexibility index (Phi) is 8.65. The fourth-order valence-corrected chi connectivity index (χ4v) is 4.87. The minimum atomic E-state index is -4.02. The fourth-order valence-electron chi connectivity index (χ4n) is 3.45. The van der Waals surface area contributed by atoms with E-state index in [-0.39, 0.29) is 10.8 Å². The SMILES string of the molecule is CCCCNC(=O)c1ccccc1NC(=O)CN(c1ccc(C)cc1)S(=O)(=O)c1ccc(C)cc1. The second-order valence-electron chi connectivity index (χ2n) is 8.36. The number of benzene rings is 3. The molecule has 0 radical (unpaired) electrons. The highest BCUT2D eigenvalue weighted by molar-refractivity contribution is 7.92. The van der Waals surface area contributed by atoms with E-state index in [0.717, 1.165) is 28.3 Å². The summed E-state index contributed by atoms with van der Waals surface area (Å²) in [6, 6.07) is 20.1. The van der Waals surface area contributed by atoms with Crippen LogP contribution in [0, 0.1) is 13.8 Å². The molecule has 0 aromatic heterocycles. The van der Waals surface area contributed by atoms with Crippen molar-refractivity contribution in [1.82, 2.24) is 5.32 Å². The molecule has 3 aromatic rings. The molecule has 0 fully saturated rings. The molecule has 35 heavy (non-hydrogen) atoms. The van der Waals surface area contributed by atoms with Gasteiger partial charge in [-0.05, 0) is 56.7 Å². The molecule has 0 saturated heterocycles. The topological polar surface area (TPSA) is 95.6 Å². The van der Waals surface area contributed by atoms with Gasteiger partial charge in [0.15, 0.2) is 0 Å². The Morgan fingerprint density at radius 3 is 2.09 bits per heavy atom. The molecule has 0 saturated carbocycles. The number of carbonyl (C=O) groups excluding carboxylic acids is 2. The Balaban J connectivity index is 1.88. The Hall–Kier alpha value is -3.65.